The molecule has 0 aliphatic rings. The van der Waals surface area contributed by atoms with Crippen LogP contribution in [0.15, 0.2) is 36.5 Å². The van der Waals surface area contributed by atoms with Crippen molar-refractivity contribution in [3.8, 4) is 11.1 Å². The first-order valence-corrected chi connectivity index (χ1v) is 5.74. The summed E-state index contributed by atoms with van der Waals surface area (Å²) in [6.07, 6.45) is 1.79. The molecule has 0 saturated carbocycles. The Morgan fingerprint density at radius 2 is 2.00 bits per heavy atom. The number of hydrogen-bond donors (Lipinski definition) is 0. The molecule has 0 radical (unpaired) electrons. The maximum atomic E-state index is 11.5. The fourth-order valence-electron chi connectivity index (χ4n) is 2.05. The largest absolute Gasteiger partial charge is 0.465 e. The first-order valence-electron chi connectivity index (χ1n) is 5.74. The lowest BCUT2D eigenvalue weighted by molar-refractivity contribution is 0.0601. The van der Waals surface area contributed by atoms with Crippen LogP contribution in [0.1, 0.15) is 21.6 Å². The van der Waals surface area contributed by atoms with Crippen molar-refractivity contribution in [3.63, 3.8) is 0 Å². The van der Waals surface area contributed by atoms with Gasteiger partial charge in [-0.05, 0) is 43.2 Å². The molecule has 1 aromatic heterocycles. The molecule has 3 nitrogen and oxygen atoms in total. The molecule has 92 valence electrons. The normalized spacial score (nSPS) is 10.2. The van der Waals surface area contributed by atoms with Crippen molar-refractivity contribution >= 4 is 5.97 Å². The predicted octanol–water partition coefficient (Wildman–Crippen LogP) is 3.15. The molecule has 1 heterocycles. The Labute approximate surface area is 106 Å². The summed E-state index contributed by atoms with van der Waals surface area (Å²) in [5.74, 6) is -0.323. The third-order valence-corrected chi connectivity index (χ3v) is 2.92. The lowest BCUT2D eigenvalue weighted by Crippen LogP contribution is -2.01. The molecular weight excluding hydrogens is 226 g/mol. The summed E-state index contributed by atoms with van der Waals surface area (Å²) in [6, 6.07) is 9.38. The molecule has 0 N–H and O–H groups in total. The Kier molecular flexibility index (Phi) is 3.42. The van der Waals surface area contributed by atoms with Gasteiger partial charge < -0.3 is 4.74 Å². The van der Waals surface area contributed by atoms with Crippen LogP contribution in [0.2, 0.25) is 0 Å². The Bertz CT molecular complexity index is 571. The SMILES string of the molecule is COC(=O)c1cccc(-c2c(C)ccnc2C)c1. The smallest absolute Gasteiger partial charge is 0.337 e. The quantitative estimate of drug-likeness (QED) is 0.758. The standard InChI is InChI=1S/C15H15NO2/c1-10-7-8-16-11(2)14(10)12-5-4-6-13(9-12)15(17)18-3/h4-9H,1-3H3. The predicted molar refractivity (Wildman–Crippen MR) is 70.5 cm³/mol. The van der Waals surface area contributed by atoms with Crippen LogP contribution in [0.3, 0.4) is 0 Å². The first-order chi connectivity index (χ1) is 8.63. The van der Waals surface area contributed by atoms with E-state index in [2.05, 4.69) is 4.98 Å². The topological polar surface area (TPSA) is 39.2 Å². The summed E-state index contributed by atoms with van der Waals surface area (Å²) in [5, 5.41) is 0. The summed E-state index contributed by atoms with van der Waals surface area (Å²) < 4.78 is 4.73. The van der Waals surface area contributed by atoms with Crippen molar-refractivity contribution in [1.82, 2.24) is 4.98 Å². The summed E-state index contributed by atoms with van der Waals surface area (Å²) in [7, 11) is 1.38. The number of aryl methyl sites for hydroxylation is 2. The second-order valence-corrected chi connectivity index (χ2v) is 4.16. The minimum Gasteiger partial charge on any atom is -0.465 e. The molecule has 2 aromatic rings. The van der Waals surface area contributed by atoms with E-state index in [0.717, 1.165) is 22.4 Å². The Hall–Kier alpha value is -2.16. The van der Waals surface area contributed by atoms with Gasteiger partial charge in [-0.15, -0.1) is 0 Å². The molecule has 3 heteroatoms. The zero-order valence-electron chi connectivity index (χ0n) is 10.7. The molecule has 18 heavy (non-hydrogen) atoms. The Morgan fingerprint density at radius 3 is 2.67 bits per heavy atom. The van der Waals surface area contributed by atoms with Crippen LogP contribution in [-0.2, 0) is 4.74 Å². The van der Waals surface area contributed by atoms with Gasteiger partial charge in [-0.2, -0.15) is 0 Å². The van der Waals surface area contributed by atoms with Crippen LogP contribution in [-0.4, -0.2) is 18.1 Å². The van der Waals surface area contributed by atoms with Crippen molar-refractivity contribution in [2.24, 2.45) is 0 Å². The highest BCUT2D eigenvalue weighted by Crippen LogP contribution is 2.26. The number of pyridine rings is 1. The number of nitrogens with zero attached hydrogens (tertiary/aromatic N) is 1. The number of methoxy groups -OCH3 is 1. The third kappa shape index (κ3) is 2.25. The fraction of sp³-hybridized carbons (Fsp3) is 0.200. The maximum absolute atomic E-state index is 11.5. The van der Waals surface area contributed by atoms with Gasteiger partial charge in [0.05, 0.1) is 12.7 Å². The highest BCUT2D eigenvalue weighted by Gasteiger charge is 2.10. The molecule has 0 unspecified atom stereocenters. The van der Waals surface area contributed by atoms with Crippen molar-refractivity contribution in [2.75, 3.05) is 7.11 Å². The number of esters is 1. The van der Waals surface area contributed by atoms with E-state index in [4.69, 9.17) is 4.74 Å². The van der Waals surface area contributed by atoms with Gasteiger partial charge in [-0.25, -0.2) is 4.79 Å². The van der Waals surface area contributed by atoms with Gasteiger partial charge in [0.15, 0.2) is 0 Å². The van der Waals surface area contributed by atoms with Gasteiger partial charge >= 0.3 is 5.97 Å². The molecule has 0 spiro atoms. The van der Waals surface area contributed by atoms with Gasteiger partial charge in [-0.3, -0.25) is 4.98 Å². The number of carbonyl (C=O) groups excluding carboxylic acids is 1. The molecule has 1 aromatic carbocycles. The van der Waals surface area contributed by atoms with E-state index in [-0.39, 0.29) is 5.97 Å². The summed E-state index contributed by atoms with van der Waals surface area (Å²) >= 11 is 0. The molecule has 0 fully saturated rings. The van der Waals surface area contributed by atoms with E-state index >= 15 is 0 Å². The van der Waals surface area contributed by atoms with Crippen LogP contribution in [0.4, 0.5) is 0 Å². The summed E-state index contributed by atoms with van der Waals surface area (Å²) in [5.41, 5.74) is 4.71. The molecule has 0 saturated heterocycles. The average molecular weight is 241 g/mol. The molecule has 0 bridgehead atoms. The van der Waals surface area contributed by atoms with Gasteiger partial charge in [0.1, 0.15) is 0 Å². The van der Waals surface area contributed by atoms with Crippen molar-refractivity contribution in [2.45, 2.75) is 13.8 Å². The molecule has 0 amide bonds. The molecule has 0 aliphatic heterocycles. The van der Waals surface area contributed by atoms with Crippen molar-refractivity contribution < 1.29 is 9.53 Å². The van der Waals surface area contributed by atoms with E-state index in [1.807, 2.05) is 38.1 Å². The van der Waals surface area contributed by atoms with Crippen LogP contribution >= 0.6 is 0 Å². The minimum absolute atomic E-state index is 0.323. The summed E-state index contributed by atoms with van der Waals surface area (Å²) in [4.78, 5) is 15.8. The molecule has 0 aliphatic carbocycles. The minimum atomic E-state index is -0.323. The van der Waals surface area contributed by atoms with Gasteiger partial charge in [-0.1, -0.05) is 12.1 Å². The highest BCUT2D eigenvalue weighted by atomic mass is 16.5. The Morgan fingerprint density at radius 1 is 1.22 bits per heavy atom. The van der Waals surface area contributed by atoms with Crippen LogP contribution in [0.25, 0.3) is 11.1 Å². The maximum Gasteiger partial charge on any atom is 0.337 e. The van der Waals surface area contributed by atoms with Crippen LogP contribution in [0, 0.1) is 13.8 Å². The zero-order chi connectivity index (χ0) is 13.1. The molecule has 0 atom stereocenters. The van der Waals surface area contributed by atoms with E-state index in [1.165, 1.54) is 7.11 Å². The Balaban J connectivity index is 2.55. The van der Waals surface area contributed by atoms with E-state index in [9.17, 15) is 4.79 Å². The third-order valence-electron chi connectivity index (χ3n) is 2.92. The van der Waals surface area contributed by atoms with Crippen molar-refractivity contribution in [1.29, 1.82) is 0 Å². The highest BCUT2D eigenvalue weighted by molar-refractivity contribution is 5.91. The van der Waals surface area contributed by atoms with Gasteiger partial charge in [0, 0.05) is 17.5 Å². The first kappa shape index (κ1) is 12.3. The van der Waals surface area contributed by atoms with Crippen molar-refractivity contribution in [3.05, 3.63) is 53.3 Å². The number of hydrogen-bond acceptors (Lipinski definition) is 3. The second kappa shape index (κ2) is 5.00. The molecular formula is C15H15NO2. The van der Waals surface area contributed by atoms with E-state index in [0.29, 0.717) is 5.56 Å². The monoisotopic (exact) mass is 241 g/mol. The summed E-state index contributed by atoms with van der Waals surface area (Å²) in [6.45, 7) is 4.00. The van der Waals surface area contributed by atoms with E-state index in [1.54, 1.807) is 12.3 Å². The van der Waals surface area contributed by atoms with E-state index < -0.39 is 0 Å². The number of aromatic nitrogens is 1. The lowest BCUT2D eigenvalue weighted by Gasteiger charge is -2.10. The van der Waals surface area contributed by atoms with Gasteiger partial charge in [0.2, 0.25) is 0 Å². The average Bonchev–Trinajstić information content (AvgIpc) is 2.38. The van der Waals surface area contributed by atoms with Crippen LogP contribution in [0.5, 0.6) is 0 Å². The molecule has 2 rings (SSSR count). The van der Waals surface area contributed by atoms with Gasteiger partial charge in [0.25, 0.3) is 0 Å². The number of ether oxygens (including phenoxy) is 1. The number of rotatable bonds is 2. The van der Waals surface area contributed by atoms with Crippen LogP contribution < -0.4 is 0 Å². The zero-order valence-corrected chi connectivity index (χ0v) is 10.7. The number of benzene rings is 1. The lowest BCUT2D eigenvalue weighted by atomic mass is 9.98. The number of carbonyl (C=O) groups is 1. The fourth-order valence-corrected chi connectivity index (χ4v) is 2.05. The second-order valence-electron chi connectivity index (χ2n) is 4.16.